The molecule has 1 heterocycles. The lowest BCUT2D eigenvalue weighted by Crippen LogP contribution is -2.25. The molecule has 0 amide bonds. The summed E-state index contributed by atoms with van der Waals surface area (Å²) in [5.41, 5.74) is 2.49. The van der Waals surface area contributed by atoms with Crippen molar-refractivity contribution in [3.63, 3.8) is 0 Å². The second kappa shape index (κ2) is 6.50. The maximum Gasteiger partial charge on any atom is 0.0704 e. The van der Waals surface area contributed by atoms with Crippen LogP contribution in [0.1, 0.15) is 31.7 Å². The van der Waals surface area contributed by atoms with Gasteiger partial charge in [0.15, 0.2) is 0 Å². The van der Waals surface area contributed by atoms with Gasteiger partial charge in [-0.3, -0.25) is 4.98 Å². The molecule has 1 unspecified atom stereocenters. The summed E-state index contributed by atoms with van der Waals surface area (Å²) in [5.74, 6) is 0. The number of nitrogens with zero attached hydrogens (tertiary/aromatic N) is 1. The van der Waals surface area contributed by atoms with Crippen LogP contribution in [0.25, 0.3) is 10.9 Å². The lowest BCUT2D eigenvalue weighted by atomic mass is 10.0. The fraction of sp³-hybridized carbons (Fsp3) is 0.438. The molecule has 1 N–H and O–H groups in total. The number of benzene rings is 1. The van der Waals surface area contributed by atoms with E-state index in [1.807, 2.05) is 12.3 Å². The second-order valence-electron chi connectivity index (χ2n) is 4.84. The molecule has 1 atom stereocenters. The van der Waals surface area contributed by atoms with Gasteiger partial charge in [0.25, 0.3) is 0 Å². The Labute approximate surface area is 109 Å². The Hall–Kier alpha value is -1.41. The molecule has 18 heavy (non-hydrogen) atoms. The van der Waals surface area contributed by atoms with E-state index >= 15 is 0 Å². The van der Waals surface area contributed by atoms with Crippen molar-refractivity contribution in [2.45, 2.75) is 38.6 Å². The van der Waals surface area contributed by atoms with Crippen molar-refractivity contribution < 1.29 is 0 Å². The third-order valence-corrected chi connectivity index (χ3v) is 3.50. The molecule has 1 aromatic heterocycles. The van der Waals surface area contributed by atoms with Gasteiger partial charge in [0.1, 0.15) is 0 Å². The van der Waals surface area contributed by atoms with Crippen molar-refractivity contribution in [3.05, 3.63) is 42.1 Å². The highest BCUT2D eigenvalue weighted by Crippen LogP contribution is 2.15. The van der Waals surface area contributed by atoms with E-state index in [-0.39, 0.29) is 0 Å². The minimum absolute atomic E-state index is 0.634. The Balaban J connectivity index is 2.03. The van der Waals surface area contributed by atoms with Gasteiger partial charge >= 0.3 is 0 Å². The van der Waals surface area contributed by atoms with E-state index in [1.165, 1.54) is 30.2 Å². The maximum atomic E-state index is 4.41. The average molecular weight is 242 g/mol. The van der Waals surface area contributed by atoms with Crippen LogP contribution in [0.4, 0.5) is 0 Å². The molecular weight excluding hydrogens is 220 g/mol. The van der Waals surface area contributed by atoms with Crippen molar-refractivity contribution >= 4 is 10.9 Å². The minimum Gasteiger partial charge on any atom is -0.317 e. The van der Waals surface area contributed by atoms with Gasteiger partial charge in [-0.25, -0.2) is 0 Å². The Morgan fingerprint density at radius 1 is 1.22 bits per heavy atom. The molecule has 2 aromatic rings. The first-order chi connectivity index (χ1) is 8.83. The van der Waals surface area contributed by atoms with E-state index in [4.69, 9.17) is 0 Å². The highest BCUT2D eigenvalue weighted by Gasteiger charge is 2.05. The molecule has 96 valence electrons. The molecule has 0 radical (unpaired) electrons. The Kier molecular flexibility index (Phi) is 4.71. The zero-order chi connectivity index (χ0) is 12.8. The molecule has 2 nitrogen and oxygen atoms in total. The molecule has 0 saturated heterocycles. The third-order valence-electron chi connectivity index (χ3n) is 3.50. The molecule has 2 rings (SSSR count). The van der Waals surface area contributed by atoms with E-state index < -0.39 is 0 Å². The molecule has 0 saturated carbocycles. The van der Waals surface area contributed by atoms with Crippen molar-refractivity contribution in [1.29, 1.82) is 0 Å². The monoisotopic (exact) mass is 242 g/mol. The first kappa shape index (κ1) is 13.0. The number of aryl methyl sites for hydroxylation is 1. The van der Waals surface area contributed by atoms with Gasteiger partial charge in [0.2, 0.25) is 0 Å². The molecule has 1 aromatic carbocycles. The van der Waals surface area contributed by atoms with Crippen LogP contribution in [-0.2, 0) is 6.42 Å². The van der Waals surface area contributed by atoms with Gasteiger partial charge in [0.05, 0.1) is 5.52 Å². The number of hydrogen-bond acceptors (Lipinski definition) is 2. The summed E-state index contributed by atoms with van der Waals surface area (Å²) in [7, 11) is 2.06. The summed E-state index contributed by atoms with van der Waals surface area (Å²) in [5, 5.41) is 4.62. The quantitative estimate of drug-likeness (QED) is 0.838. The summed E-state index contributed by atoms with van der Waals surface area (Å²) in [6.07, 6.45) is 6.67. The summed E-state index contributed by atoms with van der Waals surface area (Å²) in [6.45, 7) is 2.24. The van der Waals surface area contributed by atoms with Gasteiger partial charge in [-0.1, -0.05) is 31.5 Å². The fourth-order valence-electron chi connectivity index (χ4n) is 2.39. The van der Waals surface area contributed by atoms with Crippen LogP contribution in [0, 0.1) is 0 Å². The Morgan fingerprint density at radius 2 is 2.11 bits per heavy atom. The summed E-state index contributed by atoms with van der Waals surface area (Å²) >= 11 is 0. The molecule has 0 spiro atoms. The van der Waals surface area contributed by atoms with Crippen molar-refractivity contribution in [2.24, 2.45) is 0 Å². The topological polar surface area (TPSA) is 24.9 Å². The molecular formula is C16H22N2. The van der Waals surface area contributed by atoms with Crippen LogP contribution in [0.3, 0.4) is 0 Å². The molecule has 0 aliphatic carbocycles. The van der Waals surface area contributed by atoms with Gasteiger partial charge in [0, 0.05) is 17.6 Å². The number of pyridine rings is 1. The van der Waals surface area contributed by atoms with Crippen LogP contribution in [0.15, 0.2) is 36.5 Å². The molecule has 0 bridgehead atoms. The van der Waals surface area contributed by atoms with Crippen LogP contribution < -0.4 is 5.32 Å². The number of aromatic nitrogens is 1. The number of nitrogens with one attached hydrogen (secondary N) is 1. The smallest absolute Gasteiger partial charge is 0.0704 e. The molecule has 0 aliphatic heterocycles. The predicted octanol–water partition coefficient (Wildman–Crippen LogP) is 3.56. The number of hydrogen-bond donors (Lipinski definition) is 1. The minimum atomic E-state index is 0.634. The average Bonchev–Trinajstić information content (AvgIpc) is 2.43. The summed E-state index contributed by atoms with van der Waals surface area (Å²) in [6, 6.07) is 11.3. The van der Waals surface area contributed by atoms with Gasteiger partial charge in [-0.2, -0.15) is 0 Å². The largest absolute Gasteiger partial charge is 0.317 e. The zero-order valence-corrected chi connectivity index (χ0v) is 11.3. The van der Waals surface area contributed by atoms with E-state index in [9.17, 15) is 0 Å². The van der Waals surface area contributed by atoms with Crippen LogP contribution in [0.2, 0.25) is 0 Å². The fourth-order valence-corrected chi connectivity index (χ4v) is 2.39. The SMILES string of the molecule is CCCC(CCc1ccc2cccnc2c1)NC. The van der Waals surface area contributed by atoms with E-state index in [1.54, 1.807) is 0 Å². The van der Waals surface area contributed by atoms with Crippen LogP contribution >= 0.6 is 0 Å². The second-order valence-corrected chi connectivity index (χ2v) is 4.84. The number of fused-ring (bicyclic) bond motifs is 1. The Bertz CT molecular complexity index is 493. The lowest BCUT2D eigenvalue weighted by molar-refractivity contribution is 0.484. The highest BCUT2D eigenvalue weighted by molar-refractivity contribution is 5.78. The van der Waals surface area contributed by atoms with E-state index in [0.29, 0.717) is 6.04 Å². The maximum absolute atomic E-state index is 4.41. The number of rotatable bonds is 6. The normalized spacial score (nSPS) is 12.8. The lowest BCUT2D eigenvalue weighted by Gasteiger charge is -2.15. The first-order valence-corrected chi connectivity index (χ1v) is 6.84. The highest BCUT2D eigenvalue weighted by atomic mass is 14.9. The van der Waals surface area contributed by atoms with Gasteiger partial charge < -0.3 is 5.32 Å². The third kappa shape index (κ3) is 3.30. The Morgan fingerprint density at radius 3 is 2.89 bits per heavy atom. The molecule has 0 aliphatic rings. The zero-order valence-electron chi connectivity index (χ0n) is 11.3. The first-order valence-electron chi connectivity index (χ1n) is 6.84. The predicted molar refractivity (Wildman–Crippen MR) is 77.8 cm³/mol. The van der Waals surface area contributed by atoms with Crippen molar-refractivity contribution in [3.8, 4) is 0 Å². The summed E-state index contributed by atoms with van der Waals surface area (Å²) < 4.78 is 0. The van der Waals surface area contributed by atoms with Gasteiger partial charge in [-0.15, -0.1) is 0 Å². The molecule has 0 fully saturated rings. The summed E-state index contributed by atoms with van der Waals surface area (Å²) in [4.78, 5) is 4.41. The van der Waals surface area contributed by atoms with Crippen LogP contribution in [-0.4, -0.2) is 18.1 Å². The van der Waals surface area contributed by atoms with Crippen LogP contribution in [0.5, 0.6) is 0 Å². The van der Waals surface area contributed by atoms with Gasteiger partial charge in [-0.05, 0) is 44.0 Å². The molecule has 2 heteroatoms. The van der Waals surface area contributed by atoms with Crippen molar-refractivity contribution in [2.75, 3.05) is 7.05 Å². The van der Waals surface area contributed by atoms with E-state index in [0.717, 1.165) is 11.9 Å². The standard InChI is InChI=1S/C16H22N2/c1-3-5-15(17-2)10-8-13-7-9-14-6-4-11-18-16(14)12-13/h4,6-7,9,11-12,15,17H,3,5,8,10H2,1-2H3. The van der Waals surface area contributed by atoms with E-state index in [2.05, 4.69) is 48.5 Å². The van der Waals surface area contributed by atoms with Crippen molar-refractivity contribution in [1.82, 2.24) is 10.3 Å².